The maximum absolute atomic E-state index is 12.0. The third-order valence-corrected chi connectivity index (χ3v) is 8.32. The topological polar surface area (TPSA) is 32.3 Å². The van der Waals surface area contributed by atoms with Crippen molar-refractivity contribution in [3.05, 3.63) is 29.3 Å². The van der Waals surface area contributed by atoms with Gasteiger partial charge in [-0.25, -0.2) is 0 Å². The average Bonchev–Trinajstić information content (AvgIpc) is 2.86. The number of unbranched alkanes of at least 4 members (excludes halogenated alkanes) is 20. The summed E-state index contributed by atoms with van der Waals surface area (Å²) in [6.45, 7) is 4.56. The molecule has 0 saturated heterocycles. The molecular formula is C32H57O2PS2-2. The van der Waals surface area contributed by atoms with Crippen LogP contribution in [-0.2, 0) is 37.3 Å². The van der Waals surface area contributed by atoms with Crippen LogP contribution in [-0.4, -0.2) is 0 Å². The Bertz CT molecular complexity index is 648. The van der Waals surface area contributed by atoms with Crippen molar-refractivity contribution in [3.8, 4) is 5.75 Å². The third kappa shape index (κ3) is 21.6. The molecular weight excluding hydrogens is 511 g/mol. The number of aryl methyl sites for hydroxylation is 2. The lowest BCUT2D eigenvalue weighted by molar-refractivity contribution is -0.169. The van der Waals surface area contributed by atoms with E-state index in [1.165, 1.54) is 140 Å². The molecule has 2 nitrogen and oxygen atoms in total. The summed E-state index contributed by atoms with van der Waals surface area (Å²) in [5.41, 5.74) is 2.48. The third-order valence-electron chi connectivity index (χ3n) is 7.45. The lowest BCUT2D eigenvalue weighted by atomic mass is 9.99. The van der Waals surface area contributed by atoms with Crippen LogP contribution >= 0.6 is 6.12 Å². The van der Waals surface area contributed by atoms with Gasteiger partial charge in [-0.3, -0.25) is 0 Å². The van der Waals surface area contributed by atoms with Gasteiger partial charge in [0.05, 0.1) is 0 Å². The van der Waals surface area contributed by atoms with Crippen LogP contribution in [0.3, 0.4) is 0 Å². The molecule has 1 aromatic rings. The summed E-state index contributed by atoms with van der Waals surface area (Å²) in [5, 5.41) is 0. The van der Waals surface area contributed by atoms with E-state index in [9.17, 15) is 4.89 Å². The van der Waals surface area contributed by atoms with E-state index >= 15 is 0 Å². The molecule has 0 fully saturated rings. The predicted octanol–water partition coefficient (Wildman–Crippen LogP) is 10.9. The molecule has 0 bridgehead atoms. The van der Waals surface area contributed by atoms with Gasteiger partial charge < -0.3 is 33.9 Å². The van der Waals surface area contributed by atoms with Crippen molar-refractivity contribution in [2.75, 3.05) is 0 Å². The highest BCUT2D eigenvalue weighted by Gasteiger charge is 2.09. The Balaban J connectivity index is 2.29. The molecule has 0 unspecified atom stereocenters. The van der Waals surface area contributed by atoms with Crippen LogP contribution in [0.1, 0.15) is 166 Å². The molecule has 0 aliphatic rings. The zero-order valence-corrected chi connectivity index (χ0v) is 26.8. The molecule has 0 heterocycles. The molecule has 1 aromatic carbocycles. The summed E-state index contributed by atoms with van der Waals surface area (Å²) in [6.07, 6.45) is 28.4. The van der Waals surface area contributed by atoms with Gasteiger partial charge in [-0.1, -0.05) is 154 Å². The van der Waals surface area contributed by atoms with Crippen LogP contribution in [0.25, 0.3) is 0 Å². The first kappa shape index (κ1) is 35.1. The van der Waals surface area contributed by atoms with Gasteiger partial charge >= 0.3 is 0 Å². The first-order chi connectivity index (χ1) is 18.0. The van der Waals surface area contributed by atoms with E-state index in [1.54, 1.807) is 0 Å². The Kier molecular flexibility index (Phi) is 22.7. The summed E-state index contributed by atoms with van der Waals surface area (Å²) < 4.78 is 5.53. The van der Waals surface area contributed by atoms with Crippen LogP contribution in [0, 0.1) is 0 Å². The van der Waals surface area contributed by atoms with E-state index in [-0.39, 0.29) is 0 Å². The van der Waals surface area contributed by atoms with Gasteiger partial charge in [0.25, 0.3) is 0 Å². The Hall–Kier alpha value is 0.110. The second-order valence-electron chi connectivity index (χ2n) is 11.1. The van der Waals surface area contributed by atoms with Crippen LogP contribution in [0.5, 0.6) is 5.75 Å². The van der Waals surface area contributed by atoms with Crippen molar-refractivity contribution in [3.63, 3.8) is 0 Å². The van der Waals surface area contributed by atoms with Gasteiger partial charge in [0, 0.05) is 0 Å². The molecule has 0 N–H and O–H groups in total. The molecule has 0 spiro atoms. The maximum Gasteiger partial charge on any atom is 0.170 e. The van der Waals surface area contributed by atoms with E-state index in [0.29, 0.717) is 5.75 Å². The number of rotatable bonds is 26. The van der Waals surface area contributed by atoms with Gasteiger partial charge in [-0.2, -0.15) is 0 Å². The summed E-state index contributed by atoms with van der Waals surface area (Å²) in [7, 11) is 0. The van der Waals surface area contributed by atoms with Crippen LogP contribution in [0.4, 0.5) is 0 Å². The minimum atomic E-state index is -3.38. The van der Waals surface area contributed by atoms with Crippen molar-refractivity contribution in [2.24, 2.45) is 0 Å². The summed E-state index contributed by atoms with van der Waals surface area (Å²) in [5.74, 6) is 0.642. The quantitative estimate of drug-likeness (QED) is 0.0632. The number of hydrogen-bond donors (Lipinski definition) is 0. The molecule has 1 rings (SSSR count). The van der Waals surface area contributed by atoms with Crippen LogP contribution in [0.2, 0.25) is 0 Å². The molecule has 0 aliphatic carbocycles. The summed E-state index contributed by atoms with van der Waals surface area (Å²) in [4.78, 5) is 12.0. The van der Waals surface area contributed by atoms with Crippen molar-refractivity contribution in [1.82, 2.24) is 0 Å². The highest BCUT2D eigenvalue weighted by Crippen LogP contribution is 2.47. The van der Waals surface area contributed by atoms with Gasteiger partial charge in [0.1, 0.15) is 0 Å². The lowest BCUT2D eigenvalue weighted by Crippen LogP contribution is -2.10. The molecule has 0 saturated carbocycles. The Morgan fingerprint density at radius 3 is 1.35 bits per heavy atom. The van der Waals surface area contributed by atoms with Crippen LogP contribution in [0.15, 0.2) is 18.2 Å². The van der Waals surface area contributed by atoms with Crippen molar-refractivity contribution in [1.29, 1.82) is 0 Å². The Morgan fingerprint density at radius 2 is 0.946 bits per heavy atom. The van der Waals surface area contributed by atoms with E-state index < -0.39 is 6.12 Å². The second kappa shape index (κ2) is 24.0. The van der Waals surface area contributed by atoms with Crippen molar-refractivity contribution in [2.45, 2.75) is 168 Å². The van der Waals surface area contributed by atoms with Gasteiger partial charge in [0.2, 0.25) is 0 Å². The SMILES string of the molecule is CCCCCCCCCCCCCc1ccc(O[P+]([O-])([S-])[S-])c(CCCCCCCCCCCCC)c1. The van der Waals surface area contributed by atoms with Crippen LogP contribution < -0.4 is 9.42 Å². The molecule has 0 atom stereocenters. The predicted molar refractivity (Wildman–Crippen MR) is 169 cm³/mol. The smallest absolute Gasteiger partial charge is 0.170 e. The lowest BCUT2D eigenvalue weighted by Gasteiger charge is -2.42. The zero-order chi connectivity index (χ0) is 27.0. The normalized spacial score (nSPS) is 11.8. The summed E-state index contributed by atoms with van der Waals surface area (Å²) >= 11 is 9.78. The van der Waals surface area contributed by atoms with E-state index in [1.807, 2.05) is 6.07 Å². The molecule has 0 amide bonds. The standard InChI is InChI=1S/C32H59O2PS2/c1-3-5-7-9-11-13-15-17-19-21-23-25-30-27-28-32(34-35(33,36)37)31(29-30)26-24-22-20-18-16-14-12-10-8-6-4-2/h27-29H,3-26H2,1-2H3,(H2,33,36,37)/p-2. The molecule has 0 radical (unpaired) electrons. The number of hydrogen-bond acceptors (Lipinski definition) is 4. The van der Waals surface area contributed by atoms with Gasteiger partial charge in [-0.15, -0.1) is 6.12 Å². The second-order valence-corrected chi connectivity index (χ2v) is 15.7. The highest BCUT2D eigenvalue weighted by atomic mass is 33.1. The fourth-order valence-electron chi connectivity index (χ4n) is 5.17. The average molecular weight is 569 g/mol. The van der Waals surface area contributed by atoms with Gasteiger partial charge in [-0.05, 0) is 42.9 Å². The molecule has 0 aliphatic heterocycles. The fourth-order valence-corrected chi connectivity index (χ4v) is 6.07. The summed E-state index contributed by atoms with van der Waals surface area (Å²) in [6, 6.07) is 6.31. The molecule has 5 heteroatoms. The largest absolute Gasteiger partial charge is 0.682 e. The monoisotopic (exact) mass is 568 g/mol. The zero-order valence-electron chi connectivity index (χ0n) is 24.3. The fraction of sp³-hybridized carbons (Fsp3) is 0.812. The molecule has 216 valence electrons. The van der Waals surface area contributed by atoms with E-state index in [0.717, 1.165) is 24.8 Å². The highest BCUT2D eigenvalue weighted by molar-refractivity contribution is 8.69. The molecule has 0 aromatic heterocycles. The minimum Gasteiger partial charge on any atom is -0.682 e. The molecule has 37 heavy (non-hydrogen) atoms. The Labute approximate surface area is 242 Å². The maximum atomic E-state index is 12.0. The Morgan fingerprint density at radius 1 is 0.568 bits per heavy atom. The van der Waals surface area contributed by atoms with E-state index in [2.05, 4.69) is 26.0 Å². The first-order valence-corrected chi connectivity index (χ1v) is 19.4. The van der Waals surface area contributed by atoms with E-state index in [4.69, 9.17) is 29.0 Å². The van der Waals surface area contributed by atoms with Gasteiger partial charge in [0.15, 0.2) is 5.75 Å². The first-order valence-electron chi connectivity index (χ1n) is 15.8. The number of benzene rings is 1. The van der Waals surface area contributed by atoms with Crippen molar-refractivity contribution >= 4 is 30.6 Å². The van der Waals surface area contributed by atoms with Crippen molar-refractivity contribution < 1.29 is 9.42 Å². The minimum absolute atomic E-state index is 0.642.